The van der Waals surface area contributed by atoms with Crippen molar-refractivity contribution in [3.63, 3.8) is 0 Å². The van der Waals surface area contributed by atoms with Gasteiger partial charge >= 0.3 is 0 Å². The molecule has 0 heterocycles. The number of rotatable bonds is 2. The predicted molar refractivity (Wildman–Crippen MR) is 63.0 cm³/mol. The van der Waals surface area contributed by atoms with Crippen LogP contribution < -0.4 is 9.47 Å². The van der Waals surface area contributed by atoms with Crippen LogP contribution in [0, 0.1) is 6.92 Å². The molecule has 2 nitrogen and oxygen atoms in total. The normalized spacial score (nSPS) is 11.3. The van der Waals surface area contributed by atoms with Crippen LogP contribution in [0.5, 0.6) is 11.5 Å². The lowest BCUT2D eigenvalue weighted by molar-refractivity contribution is 0.353. The molecule has 0 amide bonds. The van der Waals surface area contributed by atoms with Gasteiger partial charge < -0.3 is 9.47 Å². The Morgan fingerprint density at radius 2 is 1.40 bits per heavy atom. The van der Waals surface area contributed by atoms with E-state index in [-0.39, 0.29) is 5.41 Å². The van der Waals surface area contributed by atoms with Gasteiger partial charge in [0.1, 0.15) is 0 Å². The third-order valence-electron chi connectivity index (χ3n) is 2.54. The van der Waals surface area contributed by atoms with Crippen molar-refractivity contribution in [1.82, 2.24) is 0 Å². The van der Waals surface area contributed by atoms with Gasteiger partial charge in [0.25, 0.3) is 0 Å². The minimum absolute atomic E-state index is 0.129. The highest BCUT2D eigenvalue weighted by atomic mass is 16.5. The monoisotopic (exact) mass is 208 g/mol. The van der Waals surface area contributed by atoms with Crippen molar-refractivity contribution in [2.24, 2.45) is 0 Å². The Kier molecular flexibility index (Phi) is 3.28. The van der Waals surface area contributed by atoms with Crippen LogP contribution in [0.2, 0.25) is 0 Å². The summed E-state index contributed by atoms with van der Waals surface area (Å²) < 4.78 is 10.6. The molecule has 0 aromatic heterocycles. The van der Waals surface area contributed by atoms with Gasteiger partial charge in [-0.05, 0) is 35.6 Å². The van der Waals surface area contributed by atoms with Crippen LogP contribution in [-0.4, -0.2) is 14.2 Å². The molecule has 1 rings (SSSR count). The van der Waals surface area contributed by atoms with E-state index < -0.39 is 0 Å². The minimum atomic E-state index is 0.129. The first-order valence-corrected chi connectivity index (χ1v) is 5.13. The molecule has 0 N–H and O–H groups in total. The third-order valence-corrected chi connectivity index (χ3v) is 2.54. The van der Waals surface area contributed by atoms with Gasteiger partial charge in [0.15, 0.2) is 11.5 Å². The van der Waals surface area contributed by atoms with Crippen LogP contribution in [0.3, 0.4) is 0 Å². The molecule has 15 heavy (non-hydrogen) atoms. The molecule has 0 aliphatic carbocycles. The van der Waals surface area contributed by atoms with Gasteiger partial charge in [-0.25, -0.2) is 0 Å². The van der Waals surface area contributed by atoms with Gasteiger partial charge in [0, 0.05) is 0 Å². The van der Waals surface area contributed by atoms with Crippen LogP contribution >= 0.6 is 0 Å². The van der Waals surface area contributed by atoms with Gasteiger partial charge in [-0.1, -0.05) is 20.8 Å². The van der Waals surface area contributed by atoms with Crippen molar-refractivity contribution in [2.45, 2.75) is 33.1 Å². The second kappa shape index (κ2) is 4.13. The fraction of sp³-hybridized carbons (Fsp3) is 0.538. The molecule has 0 atom stereocenters. The van der Waals surface area contributed by atoms with Crippen LogP contribution in [0.1, 0.15) is 31.9 Å². The predicted octanol–water partition coefficient (Wildman–Crippen LogP) is 3.31. The van der Waals surface area contributed by atoms with E-state index in [0.29, 0.717) is 0 Å². The van der Waals surface area contributed by atoms with Crippen LogP contribution in [0.15, 0.2) is 12.1 Å². The van der Waals surface area contributed by atoms with Crippen LogP contribution in [0.4, 0.5) is 0 Å². The molecule has 0 bridgehead atoms. The first-order chi connectivity index (χ1) is 6.90. The van der Waals surface area contributed by atoms with E-state index in [9.17, 15) is 0 Å². The minimum Gasteiger partial charge on any atom is -0.493 e. The zero-order chi connectivity index (χ0) is 11.6. The van der Waals surface area contributed by atoms with Crippen molar-refractivity contribution >= 4 is 0 Å². The summed E-state index contributed by atoms with van der Waals surface area (Å²) in [4.78, 5) is 0. The Bertz CT molecular complexity index is 348. The maximum absolute atomic E-state index is 5.30. The molecule has 1 aromatic rings. The van der Waals surface area contributed by atoms with Crippen molar-refractivity contribution in [3.05, 3.63) is 23.3 Å². The molecular weight excluding hydrogens is 188 g/mol. The fourth-order valence-corrected chi connectivity index (χ4v) is 1.79. The first kappa shape index (κ1) is 11.9. The number of hydrogen-bond donors (Lipinski definition) is 0. The van der Waals surface area contributed by atoms with Crippen molar-refractivity contribution in [1.29, 1.82) is 0 Å². The SMILES string of the molecule is COc1cc(C)c(C(C)(C)C)cc1OC. The molecule has 2 heteroatoms. The summed E-state index contributed by atoms with van der Waals surface area (Å²) in [5.41, 5.74) is 2.66. The standard InChI is InChI=1S/C13H20O2/c1-9-7-11(14-5)12(15-6)8-10(9)13(2,3)4/h7-8H,1-6H3. The second-order valence-corrected chi connectivity index (χ2v) is 4.77. The summed E-state index contributed by atoms with van der Waals surface area (Å²) in [7, 11) is 3.33. The summed E-state index contributed by atoms with van der Waals surface area (Å²) in [6, 6.07) is 4.09. The average Bonchev–Trinajstić information content (AvgIpc) is 2.15. The summed E-state index contributed by atoms with van der Waals surface area (Å²) >= 11 is 0. The topological polar surface area (TPSA) is 18.5 Å². The lowest BCUT2D eigenvalue weighted by Gasteiger charge is -2.23. The van der Waals surface area contributed by atoms with Crippen LogP contribution in [-0.2, 0) is 5.41 Å². The van der Waals surface area contributed by atoms with Gasteiger partial charge in [-0.3, -0.25) is 0 Å². The van der Waals surface area contributed by atoms with E-state index >= 15 is 0 Å². The van der Waals surface area contributed by atoms with Gasteiger partial charge in [-0.15, -0.1) is 0 Å². The Labute approximate surface area is 92.2 Å². The molecule has 84 valence electrons. The number of methoxy groups -OCH3 is 2. The summed E-state index contributed by atoms with van der Waals surface area (Å²) in [5.74, 6) is 1.59. The van der Waals surface area contributed by atoms with E-state index in [2.05, 4.69) is 33.8 Å². The fourth-order valence-electron chi connectivity index (χ4n) is 1.79. The van der Waals surface area contributed by atoms with Crippen LogP contribution in [0.25, 0.3) is 0 Å². The van der Waals surface area contributed by atoms with Gasteiger partial charge in [0.2, 0.25) is 0 Å². The molecule has 0 unspecified atom stereocenters. The summed E-state index contributed by atoms with van der Waals surface area (Å²) in [5, 5.41) is 0. The number of aryl methyl sites for hydroxylation is 1. The first-order valence-electron chi connectivity index (χ1n) is 5.13. The Hall–Kier alpha value is -1.18. The molecule has 0 aliphatic rings. The van der Waals surface area contributed by atoms with E-state index in [1.165, 1.54) is 11.1 Å². The second-order valence-electron chi connectivity index (χ2n) is 4.77. The highest BCUT2D eigenvalue weighted by Gasteiger charge is 2.19. The lowest BCUT2D eigenvalue weighted by Crippen LogP contribution is -2.13. The summed E-state index contributed by atoms with van der Waals surface area (Å²) in [6.07, 6.45) is 0. The van der Waals surface area contributed by atoms with E-state index in [0.717, 1.165) is 11.5 Å². The lowest BCUT2D eigenvalue weighted by atomic mass is 9.84. The number of ether oxygens (including phenoxy) is 2. The van der Waals surface area contributed by atoms with E-state index in [1.54, 1.807) is 14.2 Å². The van der Waals surface area contributed by atoms with Crippen molar-refractivity contribution in [3.8, 4) is 11.5 Å². The molecule has 0 spiro atoms. The largest absolute Gasteiger partial charge is 0.493 e. The highest BCUT2D eigenvalue weighted by Crippen LogP contribution is 2.35. The van der Waals surface area contributed by atoms with Crippen molar-refractivity contribution in [2.75, 3.05) is 14.2 Å². The van der Waals surface area contributed by atoms with Gasteiger partial charge in [-0.2, -0.15) is 0 Å². The average molecular weight is 208 g/mol. The molecular formula is C13H20O2. The molecule has 1 aromatic carbocycles. The Morgan fingerprint density at radius 1 is 0.933 bits per heavy atom. The number of hydrogen-bond acceptors (Lipinski definition) is 2. The Balaban J connectivity index is 3.32. The smallest absolute Gasteiger partial charge is 0.161 e. The maximum Gasteiger partial charge on any atom is 0.161 e. The molecule has 0 aliphatic heterocycles. The zero-order valence-corrected chi connectivity index (χ0v) is 10.5. The molecule has 0 fully saturated rings. The summed E-state index contributed by atoms with van der Waals surface area (Å²) in [6.45, 7) is 8.69. The number of benzene rings is 1. The third kappa shape index (κ3) is 2.44. The molecule has 0 radical (unpaired) electrons. The highest BCUT2D eigenvalue weighted by molar-refractivity contribution is 5.49. The van der Waals surface area contributed by atoms with E-state index in [1.807, 2.05) is 6.07 Å². The quantitative estimate of drug-likeness (QED) is 0.742. The van der Waals surface area contributed by atoms with E-state index in [4.69, 9.17) is 9.47 Å². The van der Waals surface area contributed by atoms with Gasteiger partial charge in [0.05, 0.1) is 14.2 Å². The zero-order valence-electron chi connectivity index (χ0n) is 10.5. The maximum atomic E-state index is 5.30. The molecule has 0 saturated heterocycles. The Morgan fingerprint density at radius 3 is 1.80 bits per heavy atom. The van der Waals surface area contributed by atoms with Crippen molar-refractivity contribution < 1.29 is 9.47 Å². The molecule has 0 saturated carbocycles.